The predicted molar refractivity (Wildman–Crippen MR) is 88.7 cm³/mol. The van der Waals surface area contributed by atoms with Gasteiger partial charge in [0.1, 0.15) is 0 Å². The standard InChI is InChI=1S/C16H11ClF3NO3S/c1-23-14-10(17)6-9(7-12(14)24-16(18,19)20)15(22)21-8-25-13-5-3-2-4-11(13)21/h2-7H,8H2,1H3. The number of halogens is 4. The Kier molecular flexibility index (Phi) is 4.75. The van der Waals surface area contributed by atoms with Gasteiger partial charge in [-0.15, -0.1) is 24.9 Å². The molecule has 0 N–H and O–H groups in total. The Morgan fingerprint density at radius 2 is 2.00 bits per heavy atom. The lowest BCUT2D eigenvalue weighted by Gasteiger charge is -2.19. The summed E-state index contributed by atoms with van der Waals surface area (Å²) in [6.07, 6.45) is -4.94. The predicted octanol–water partition coefficient (Wildman–Crippen LogP) is 4.96. The molecule has 3 rings (SSSR count). The van der Waals surface area contributed by atoms with Crippen LogP contribution in [0.2, 0.25) is 5.02 Å². The summed E-state index contributed by atoms with van der Waals surface area (Å²) in [6, 6.07) is 9.51. The number of fused-ring (bicyclic) bond motifs is 1. The molecule has 0 spiro atoms. The molecule has 1 amide bonds. The van der Waals surface area contributed by atoms with Crippen LogP contribution in [0.25, 0.3) is 0 Å². The lowest BCUT2D eigenvalue weighted by atomic mass is 10.1. The van der Waals surface area contributed by atoms with Crippen LogP contribution in [0.15, 0.2) is 41.3 Å². The highest BCUT2D eigenvalue weighted by Crippen LogP contribution is 2.42. The van der Waals surface area contributed by atoms with Crippen molar-refractivity contribution >= 4 is 35.0 Å². The fourth-order valence-corrected chi connectivity index (χ4v) is 3.73. The van der Waals surface area contributed by atoms with E-state index in [-0.39, 0.29) is 16.3 Å². The van der Waals surface area contributed by atoms with E-state index in [1.807, 2.05) is 12.1 Å². The number of methoxy groups -OCH3 is 1. The molecule has 0 atom stereocenters. The van der Waals surface area contributed by atoms with E-state index in [4.69, 9.17) is 16.3 Å². The van der Waals surface area contributed by atoms with Gasteiger partial charge in [0.15, 0.2) is 11.5 Å². The number of hydrogen-bond acceptors (Lipinski definition) is 4. The van der Waals surface area contributed by atoms with E-state index in [2.05, 4.69) is 4.74 Å². The molecule has 25 heavy (non-hydrogen) atoms. The molecule has 0 radical (unpaired) electrons. The molecular formula is C16H11ClF3NO3S. The quantitative estimate of drug-likeness (QED) is 0.744. The number of carbonyl (C=O) groups is 1. The summed E-state index contributed by atoms with van der Waals surface area (Å²) in [6.45, 7) is 0. The van der Waals surface area contributed by atoms with Crippen LogP contribution in [0.3, 0.4) is 0 Å². The summed E-state index contributed by atoms with van der Waals surface area (Å²) in [5.74, 6) is -1.07. The van der Waals surface area contributed by atoms with Crippen molar-refractivity contribution < 1.29 is 27.4 Å². The second-order valence-electron chi connectivity index (χ2n) is 5.01. The van der Waals surface area contributed by atoms with E-state index in [1.165, 1.54) is 29.8 Å². The number of hydrogen-bond donors (Lipinski definition) is 0. The maximum absolute atomic E-state index is 12.8. The second kappa shape index (κ2) is 6.68. The normalized spacial score (nSPS) is 13.6. The smallest absolute Gasteiger partial charge is 0.491 e. The number of alkyl halides is 3. The number of para-hydroxylation sites is 1. The minimum absolute atomic E-state index is 0.0256. The molecule has 2 aromatic rings. The molecule has 0 bridgehead atoms. The topological polar surface area (TPSA) is 38.8 Å². The molecule has 9 heteroatoms. The van der Waals surface area contributed by atoms with Gasteiger partial charge in [0.25, 0.3) is 5.91 Å². The maximum Gasteiger partial charge on any atom is 0.573 e. The Labute approximate surface area is 150 Å². The van der Waals surface area contributed by atoms with Gasteiger partial charge in [-0.25, -0.2) is 0 Å². The van der Waals surface area contributed by atoms with Crippen molar-refractivity contribution in [2.45, 2.75) is 11.3 Å². The molecule has 132 valence electrons. The zero-order chi connectivity index (χ0) is 18.2. The highest BCUT2D eigenvalue weighted by atomic mass is 35.5. The summed E-state index contributed by atoms with van der Waals surface area (Å²) in [7, 11) is 1.17. The van der Waals surface area contributed by atoms with Crippen LogP contribution >= 0.6 is 23.4 Å². The number of benzene rings is 2. The number of ether oxygens (including phenoxy) is 2. The third-order valence-electron chi connectivity index (χ3n) is 3.44. The SMILES string of the molecule is COc1c(Cl)cc(C(=O)N2CSc3ccccc32)cc1OC(F)(F)F. The van der Waals surface area contributed by atoms with Crippen molar-refractivity contribution in [3.8, 4) is 11.5 Å². The van der Waals surface area contributed by atoms with Crippen LogP contribution in [0.4, 0.5) is 18.9 Å². The molecule has 0 unspecified atom stereocenters. The van der Waals surface area contributed by atoms with E-state index >= 15 is 0 Å². The fourth-order valence-electron chi connectivity index (χ4n) is 2.42. The van der Waals surface area contributed by atoms with Crippen LogP contribution in [0.1, 0.15) is 10.4 Å². The van der Waals surface area contributed by atoms with Crippen molar-refractivity contribution in [1.82, 2.24) is 0 Å². The summed E-state index contributed by atoms with van der Waals surface area (Å²) < 4.78 is 46.6. The first kappa shape index (κ1) is 17.8. The van der Waals surface area contributed by atoms with Crippen molar-refractivity contribution in [3.05, 3.63) is 47.0 Å². The summed E-state index contributed by atoms with van der Waals surface area (Å²) >= 11 is 7.43. The van der Waals surface area contributed by atoms with E-state index in [9.17, 15) is 18.0 Å². The molecule has 1 heterocycles. The number of nitrogens with zero attached hydrogens (tertiary/aromatic N) is 1. The first-order chi connectivity index (χ1) is 11.8. The Bertz CT molecular complexity index is 829. The van der Waals surface area contributed by atoms with Crippen LogP contribution < -0.4 is 14.4 Å². The lowest BCUT2D eigenvalue weighted by Crippen LogP contribution is -2.28. The van der Waals surface area contributed by atoms with Crippen molar-refractivity contribution in [2.75, 3.05) is 17.9 Å². The van der Waals surface area contributed by atoms with Gasteiger partial charge in [0, 0.05) is 10.5 Å². The second-order valence-corrected chi connectivity index (χ2v) is 6.41. The minimum atomic E-state index is -4.94. The number of rotatable bonds is 3. The fraction of sp³-hybridized carbons (Fsp3) is 0.188. The van der Waals surface area contributed by atoms with Gasteiger partial charge in [0.05, 0.1) is 23.7 Å². The minimum Gasteiger partial charge on any atom is -0.491 e. The molecule has 1 aliphatic rings. The molecule has 0 saturated carbocycles. The molecule has 1 aliphatic heterocycles. The van der Waals surface area contributed by atoms with Crippen molar-refractivity contribution in [1.29, 1.82) is 0 Å². The third-order valence-corrected chi connectivity index (χ3v) is 4.76. The van der Waals surface area contributed by atoms with Crippen LogP contribution in [-0.4, -0.2) is 25.3 Å². The molecule has 0 fully saturated rings. The van der Waals surface area contributed by atoms with Gasteiger partial charge in [0.2, 0.25) is 0 Å². The third kappa shape index (κ3) is 3.64. The highest BCUT2D eigenvalue weighted by molar-refractivity contribution is 8.00. The van der Waals surface area contributed by atoms with Gasteiger partial charge >= 0.3 is 6.36 Å². The van der Waals surface area contributed by atoms with E-state index in [0.717, 1.165) is 11.0 Å². The lowest BCUT2D eigenvalue weighted by molar-refractivity contribution is -0.275. The van der Waals surface area contributed by atoms with Crippen LogP contribution in [0.5, 0.6) is 11.5 Å². The van der Waals surface area contributed by atoms with E-state index in [1.54, 1.807) is 12.1 Å². The number of amides is 1. The zero-order valence-corrected chi connectivity index (χ0v) is 14.3. The number of thioether (sulfide) groups is 1. The van der Waals surface area contributed by atoms with Crippen LogP contribution in [0, 0.1) is 0 Å². The van der Waals surface area contributed by atoms with E-state index < -0.39 is 18.0 Å². The first-order valence-electron chi connectivity index (χ1n) is 6.97. The summed E-state index contributed by atoms with van der Waals surface area (Å²) in [5.41, 5.74) is 0.671. The molecular weight excluding hydrogens is 379 g/mol. The van der Waals surface area contributed by atoms with Crippen molar-refractivity contribution in [3.63, 3.8) is 0 Å². The largest absolute Gasteiger partial charge is 0.573 e. The van der Waals surface area contributed by atoms with Gasteiger partial charge in [-0.05, 0) is 24.3 Å². The first-order valence-corrected chi connectivity index (χ1v) is 8.33. The Morgan fingerprint density at radius 3 is 2.68 bits per heavy atom. The van der Waals surface area contributed by atoms with Gasteiger partial charge < -0.3 is 9.47 Å². The Balaban J connectivity index is 1.99. The van der Waals surface area contributed by atoms with Gasteiger partial charge in [-0.2, -0.15) is 0 Å². The summed E-state index contributed by atoms with van der Waals surface area (Å²) in [4.78, 5) is 15.1. The molecule has 0 aromatic heterocycles. The zero-order valence-electron chi connectivity index (χ0n) is 12.8. The monoisotopic (exact) mass is 389 g/mol. The molecule has 4 nitrogen and oxygen atoms in total. The number of anilines is 1. The van der Waals surface area contributed by atoms with Gasteiger partial charge in [-0.1, -0.05) is 23.7 Å². The molecule has 0 aliphatic carbocycles. The average Bonchev–Trinajstić information content (AvgIpc) is 2.96. The average molecular weight is 390 g/mol. The van der Waals surface area contributed by atoms with E-state index in [0.29, 0.717) is 11.6 Å². The van der Waals surface area contributed by atoms with Gasteiger partial charge in [-0.3, -0.25) is 9.69 Å². The Morgan fingerprint density at radius 1 is 1.28 bits per heavy atom. The molecule has 2 aromatic carbocycles. The summed E-state index contributed by atoms with van der Waals surface area (Å²) in [5, 5.41) is -0.146. The number of carbonyl (C=O) groups excluding carboxylic acids is 1. The highest BCUT2D eigenvalue weighted by Gasteiger charge is 2.34. The molecule has 0 saturated heterocycles. The van der Waals surface area contributed by atoms with Crippen molar-refractivity contribution in [2.24, 2.45) is 0 Å². The maximum atomic E-state index is 12.8. The Hall–Kier alpha value is -2.06. The van der Waals surface area contributed by atoms with Crippen LogP contribution in [-0.2, 0) is 0 Å².